The first-order valence-electron chi connectivity index (χ1n) is 5.60. The third-order valence-corrected chi connectivity index (χ3v) is 3.99. The van der Waals surface area contributed by atoms with E-state index in [2.05, 4.69) is 15.2 Å². The zero-order chi connectivity index (χ0) is 13.4. The summed E-state index contributed by atoms with van der Waals surface area (Å²) < 4.78 is 6.35. The number of anilines is 1. The van der Waals surface area contributed by atoms with E-state index in [1.165, 1.54) is 11.3 Å². The number of hydrogen-bond acceptors (Lipinski definition) is 5. The van der Waals surface area contributed by atoms with Crippen LogP contribution in [0.5, 0.6) is 5.75 Å². The first-order valence-corrected chi connectivity index (χ1v) is 6.95. The lowest BCUT2D eigenvalue weighted by atomic mass is 10.2. The lowest BCUT2D eigenvalue weighted by Crippen LogP contribution is -1.88. The molecule has 3 N–H and O–H groups in total. The number of fused-ring (bicyclic) bond motifs is 1. The Labute approximate surface area is 118 Å². The van der Waals surface area contributed by atoms with Crippen molar-refractivity contribution in [1.82, 2.24) is 15.2 Å². The van der Waals surface area contributed by atoms with Crippen molar-refractivity contribution in [2.75, 3.05) is 11.8 Å². The van der Waals surface area contributed by atoms with Crippen molar-refractivity contribution in [3.63, 3.8) is 0 Å². The van der Waals surface area contributed by atoms with Gasteiger partial charge in [-0.1, -0.05) is 17.7 Å². The van der Waals surface area contributed by atoms with Crippen molar-refractivity contribution in [2.24, 2.45) is 0 Å². The van der Waals surface area contributed by atoms with Crippen molar-refractivity contribution >= 4 is 39.0 Å². The van der Waals surface area contributed by atoms with Crippen LogP contribution in [0.25, 0.3) is 20.8 Å². The maximum Gasteiger partial charge on any atom is 0.162 e. The number of nitrogen functional groups attached to an aromatic ring is 1. The Bertz CT molecular complexity index is 717. The van der Waals surface area contributed by atoms with Crippen molar-refractivity contribution < 1.29 is 4.74 Å². The van der Waals surface area contributed by atoms with Crippen LogP contribution < -0.4 is 10.5 Å². The topological polar surface area (TPSA) is 76.8 Å². The van der Waals surface area contributed by atoms with E-state index < -0.39 is 0 Å². The summed E-state index contributed by atoms with van der Waals surface area (Å²) in [5.74, 6) is 1.19. The number of ether oxygens (including phenoxy) is 1. The van der Waals surface area contributed by atoms with Gasteiger partial charge in [0.05, 0.1) is 15.8 Å². The van der Waals surface area contributed by atoms with Crippen molar-refractivity contribution in [2.45, 2.75) is 6.92 Å². The molecule has 3 aromatic rings. The molecular weight excluding hydrogens is 284 g/mol. The van der Waals surface area contributed by atoms with E-state index in [1.807, 2.05) is 25.1 Å². The molecule has 0 bridgehead atoms. The minimum absolute atomic E-state index is 0.110. The molecule has 0 atom stereocenters. The SMILES string of the molecule is Cc1[nH]nc(N)c1-c1nc2cccc(OCCl)c2s1. The van der Waals surface area contributed by atoms with Crippen LogP contribution in [0.15, 0.2) is 18.2 Å². The third-order valence-electron chi connectivity index (χ3n) is 2.78. The van der Waals surface area contributed by atoms with Crippen LogP contribution >= 0.6 is 22.9 Å². The van der Waals surface area contributed by atoms with E-state index in [9.17, 15) is 0 Å². The minimum Gasteiger partial charge on any atom is -0.476 e. The van der Waals surface area contributed by atoms with Gasteiger partial charge in [0, 0.05) is 5.69 Å². The van der Waals surface area contributed by atoms with Gasteiger partial charge in [0.25, 0.3) is 0 Å². The summed E-state index contributed by atoms with van der Waals surface area (Å²) in [6, 6.07) is 5.80. The summed E-state index contributed by atoms with van der Waals surface area (Å²) in [5.41, 5.74) is 8.47. The molecule has 0 saturated heterocycles. The summed E-state index contributed by atoms with van der Waals surface area (Å²) in [4.78, 5) is 4.58. The molecule has 2 aromatic heterocycles. The van der Waals surface area contributed by atoms with Gasteiger partial charge in [-0.15, -0.1) is 11.3 Å². The zero-order valence-electron chi connectivity index (χ0n) is 10.1. The lowest BCUT2D eigenvalue weighted by molar-refractivity contribution is 0.393. The molecule has 0 saturated carbocycles. The number of H-pyrrole nitrogens is 1. The van der Waals surface area contributed by atoms with E-state index >= 15 is 0 Å². The molecule has 0 unspecified atom stereocenters. The maximum absolute atomic E-state index is 5.86. The summed E-state index contributed by atoms with van der Waals surface area (Å²) in [6.07, 6.45) is 0. The molecule has 1 aromatic carbocycles. The molecule has 0 amide bonds. The number of thiazole rings is 1. The van der Waals surface area contributed by atoms with Crippen LogP contribution in [0, 0.1) is 6.92 Å². The highest BCUT2D eigenvalue weighted by Gasteiger charge is 2.16. The van der Waals surface area contributed by atoms with Gasteiger partial charge in [-0.3, -0.25) is 5.10 Å². The standard InChI is InChI=1S/C12H11ClN4OS/c1-6-9(11(14)17-16-6)12-15-7-3-2-4-8(18-5-13)10(7)19-12/h2-4H,5H2,1H3,(H3,14,16,17). The average Bonchev–Trinajstić information content (AvgIpc) is 2.94. The fourth-order valence-electron chi connectivity index (χ4n) is 1.92. The first kappa shape index (κ1) is 12.3. The molecule has 98 valence electrons. The predicted octanol–water partition coefficient (Wildman–Crippen LogP) is 3.15. The Hall–Kier alpha value is -1.79. The molecule has 19 heavy (non-hydrogen) atoms. The smallest absolute Gasteiger partial charge is 0.162 e. The molecule has 2 heterocycles. The van der Waals surface area contributed by atoms with E-state index in [-0.39, 0.29) is 6.07 Å². The number of aromatic amines is 1. The largest absolute Gasteiger partial charge is 0.476 e. The number of rotatable bonds is 3. The quantitative estimate of drug-likeness (QED) is 0.728. The number of halogens is 1. The van der Waals surface area contributed by atoms with Crippen LogP contribution in [0.4, 0.5) is 5.82 Å². The number of aryl methyl sites for hydroxylation is 1. The van der Waals surface area contributed by atoms with Gasteiger partial charge >= 0.3 is 0 Å². The maximum atomic E-state index is 5.86. The van der Waals surface area contributed by atoms with E-state index in [1.54, 1.807) is 0 Å². The highest BCUT2D eigenvalue weighted by molar-refractivity contribution is 7.22. The van der Waals surface area contributed by atoms with Crippen LogP contribution in [0.2, 0.25) is 0 Å². The normalized spacial score (nSPS) is 11.1. The summed E-state index contributed by atoms with van der Waals surface area (Å²) in [7, 11) is 0. The summed E-state index contributed by atoms with van der Waals surface area (Å²) in [6.45, 7) is 1.92. The van der Waals surface area contributed by atoms with Crippen molar-refractivity contribution in [3.05, 3.63) is 23.9 Å². The fourth-order valence-corrected chi connectivity index (χ4v) is 3.18. The number of nitrogens with zero attached hydrogens (tertiary/aromatic N) is 2. The lowest BCUT2D eigenvalue weighted by Gasteiger charge is -2.00. The van der Waals surface area contributed by atoms with Crippen LogP contribution in [-0.4, -0.2) is 21.2 Å². The Morgan fingerprint density at radius 3 is 3.00 bits per heavy atom. The van der Waals surface area contributed by atoms with Gasteiger partial charge in [-0.05, 0) is 19.1 Å². The van der Waals surface area contributed by atoms with Gasteiger partial charge in [0.1, 0.15) is 10.8 Å². The molecule has 3 rings (SSSR count). The molecule has 0 spiro atoms. The highest BCUT2D eigenvalue weighted by Crippen LogP contribution is 2.38. The van der Waals surface area contributed by atoms with Gasteiger partial charge in [-0.2, -0.15) is 5.10 Å². The molecule has 0 aliphatic heterocycles. The number of alkyl halides is 1. The highest BCUT2D eigenvalue weighted by atomic mass is 35.5. The van der Waals surface area contributed by atoms with Crippen LogP contribution in [0.1, 0.15) is 5.69 Å². The molecule has 0 aliphatic rings. The van der Waals surface area contributed by atoms with Gasteiger partial charge < -0.3 is 10.5 Å². The summed E-state index contributed by atoms with van der Waals surface area (Å²) >= 11 is 7.14. The number of aromatic nitrogens is 3. The molecule has 0 fully saturated rings. The van der Waals surface area contributed by atoms with E-state index in [0.717, 1.165) is 32.2 Å². The molecule has 5 nitrogen and oxygen atoms in total. The molecular formula is C12H11ClN4OS. The van der Waals surface area contributed by atoms with E-state index in [4.69, 9.17) is 22.1 Å². The van der Waals surface area contributed by atoms with Crippen LogP contribution in [-0.2, 0) is 0 Å². The minimum atomic E-state index is 0.110. The number of hydrogen-bond donors (Lipinski definition) is 2. The zero-order valence-corrected chi connectivity index (χ0v) is 11.7. The second-order valence-electron chi connectivity index (χ2n) is 3.99. The first-order chi connectivity index (χ1) is 9.20. The van der Waals surface area contributed by atoms with Crippen LogP contribution in [0.3, 0.4) is 0 Å². The Kier molecular flexibility index (Phi) is 3.04. The van der Waals surface area contributed by atoms with Crippen molar-refractivity contribution in [3.8, 4) is 16.3 Å². The van der Waals surface area contributed by atoms with Crippen molar-refractivity contribution in [1.29, 1.82) is 0 Å². The van der Waals surface area contributed by atoms with Gasteiger partial charge in [0.15, 0.2) is 11.9 Å². The van der Waals surface area contributed by atoms with Gasteiger partial charge in [0.2, 0.25) is 0 Å². The average molecular weight is 295 g/mol. The third kappa shape index (κ3) is 2.02. The Morgan fingerprint density at radius 2 is 2.32 bits per heavy atom. The fraction of sp³-hybridized carbons (Fsp3) is 0.167. The molecule has 0 aliphatic carbocycles. The summed E-state index contributed by atoms with van der Waals surface area (Å²) in [5, 5.41) is 7.67. The monoisotopic (exact) mass is 294 g/mol. The number of nitrogens with two attached hydrogens (primary N) is 1. The Balaban J connectivity index is 2.19. The second-order valence-corrected chi connectivity index (χ2v) is 5.20. The number of benzene rings is 1. The molecule has 7 heteroatoms. The number of nitrogens with one attached hydrogen (secondary N) is 1. The molecule has 0 radical (unpaired) electrons. The Morgan fingerprint density at radius 1 is 1.47 bits per heavy atom. The second kappa shape index (κ2) is 4.71. The predicted molar refractivity (Wildman–Crippen MR) is 77.7 cm³/mol. The van der Waals surface area contributed by atoms with E-state index in [0.29, 0.717) is 5.82 Å². The van der Waals surface area contributed by atoms with Gasteiger partial charge in [-0.25, -0.2) is 4.98 Å².